The van der Waals surface area contributed by atoms with Gasteiger partial charge >= 0.3 is 0 Å². The highest BCUT2D eigenvalue weighted by Gasteiger charge is 2.18. The minimum absolute atomic E-state index is 0.260. The van der Waals surface area contributed by atoms with E-state index in [-0.39, 0.29) is 5.91 Å². The number of nitrogens with zero attached hydrogens (tertiary/aromatic N) is 2. The highest BCUT2D eigenvalue weighted by molar-refractivity contribution is 6.31. The Bertz CT molecular complexity index is 722. The van der Waals surface area contributed by atoms with Crippen LogP contribution in [-0.2, 0) is 0 Å². The normalized spacial score (nSPS) is 9.81. The van der Waals surface area contributed by atoms with Crippen molar-refractivity contribution in [1.29, 1.82) is 5.26 Å². The largest absolute Gasteiger partial charge is 0.496 e. The van der Waals surface area contributed by atoms with Gasteiger partial charge in [0.05, 0.1) is 24.3 Å². The number of hydrogen-bond donors (Lipinski definition) is 0. The molecule has 0 atom stereocenters. The Morgan fingerprint density at radius 3 is 2.71 bits per heavy atom. The first-order valence-electron chi connectivity index (χ1n) is 6.18. The van der Waals surface area contributed by atoms with Crippen LogP contribution in [-0.4, -0.2) is 20.1 Å². The van der Waals surface area contributed by atoms with Crippen molar-refractivity contribution in [3.05, 3.63) is 58.6 Å². The fourth-order valence-electron chi connectivity index (χ4n) is 1.93. The molecule has 0 heterocycles. The number of amides is 1. The summed E-state index contributed by atoms with van der Waals surface area (Å²) in [6.45, 7) is 0. The number of halogens is 1. The monoisotopic (exact) mass is 300 g/mol. The van der Waals surface area contributed by atoms with Crippen LogP contribution in [0.25, 0.3) is 0 Å². The molecule has 0 aliphatic rings. The van der Waals surface area contributed by atoms with E-state index in [0.717, 1.165) is 0 Å². The molecule has 0 saturated heterocycles. The van der Waals surface area contributed by atoms with Crippen LogP contribution >= 0.6 is 11.6 Å². The first-order chi connectivity index (χ1) is 10.1. The fraction of sp³-hybridized carbons (Fsp3) is 0.125. The summed E-state index contributed by atoms with van der Waals surface area (Å²) in [7, 11) is 3.13. The molecule has 1 amide bonds. The lowest BCUT2D eigenvalue weighted by molar-refractivity contribution is 0.0990. The lowest BCUT2D eigenvalue weighted by atomic mass is 10.1. The molecule has 106 valence electrons. The van der Waals surface area contributed by atoms with E-state index in [9.17, 15) is 4.79 Å². The zero-order chi connectivity index (χ0) is 15.4. The number of nitriles is 1. The van der Waals surface area contributed by atoms with E-state index in [1.807, 2.05) is 6.07 Å². The van der Waals surface area contributed by atoms with Crippen LogP contribution in [0.2, 0.25) is 5.02 Å². The van der Waals surface area contributed by atoms with E-state index in [1.165, 1.54) is 12.0 Å². The average Bonchev–Trinajstić information content (AvgIpc) is 2.53. The molecular weight excluding hydrogens is 288 g/mol. The number of carbonyl (C=O) groups is 1. The first kappa shape index (κ1) is 14.9. The standard InChI is InChI=1S/C16H13ClN2O2/c1-19(13-5-3-4-11(8-13)10-18)16(20)14-9-12(17)6-7-15(14)21-2/h3-9H,1-2H3. The number of ether oxygens (including phenoxy) is 1. The van der Waals surface area contributed by atoms with Crippen LogP contribution in [0.3, 0.4) is 0 Å². The van der Waals surface area contributed by atoms with E-state index < -0.39 is 0 Å². The zero-order valence-electron chi connectivity index (χ0n) is 11.6. The van der Waals surface area contributed by atoms with Crippen LogP contribution in [0.15, 0.2) is 42.5 Å². The summed E-state index contributed by atoms with van der Waals surface area (Å²) in [4.78, 5) is 14.0. The molecule has 0 aliphatic heterocycles. The molecule has 21 heavy (non-hydrogen) atoms. The minimum Gasteiger partial charge on any atom is -0.496 e. The maximum atomic E-state index is 12.6. The maximum Gasteiger partial charge on any atom is 0.261 e. The second kappa shape index (κ2) is 6.29. The molecule has 0 aromatic heterocycles. The van der Waals surface area contributed by atoms with Gasteiger partial charge in [-0.2, -0.15) is 5.26 Å². The molecule has 4 nitrogen and oxygen atoms in total. The highest BCUT2D eigenvalue weighted by atomic mass is 35.5. The second-order valence-corrected chi connectivity index (χ2v) is 4.81. The van der Waals surface area contributed by atoms with Crippen molar-refractivity contribution >= 4 is 23.2 Å². The molecule has 0 N–H and O–H groups in total. The van der Waals surface area contributed by atoms with E-state index in [4.69, 9.17) is 21.6 Å². The SMILES string of the molecule is COc1ccc(Cl)cc1C(=O)N(C)c1cccc(C#N)c1. The van der Waals surface area contributed by atoms with Crippen LogP contribution in [0, 0.1) is 11.3 Å². The number of rotatable bonds is 3. The second-order valence-electron chi connectivity index (χ2n) is 4.37. The third-order valence-corrected chi connectivity index (χ3v) is 3.29. The van der Waals surface area contributed by atoms with Crippen molar-refractivity contribution in [2.75, 3.05) is 19.1 Å². The molecule has 5 heteroatoms. The smallest absolute Gasteiger partial charge is 0.261 e. The van der Waals surface area contributed by atoms with Gasteiger partial charge in [0.15, 0.2) is 0 Å². The van der Waals surface area contributed by atoms with Gasteiger partial charge in [0.2, 0.25) is 0 Å². The first-order valence-corrected chi connectivity index (χ1v) is 6.56. The van der Waals surface area contributed by atoms with Gasteiger partial charge in [-0.05, 0) is 36.4 Å². The summed E-state index contributed by atoms with van der Waals surface area (Å²) in [5.74, 6) is 0.192. The van der Waals surface area contributed by atoms with Gasteiger partial charge in [-0.3, -0.25) is 4.79 Å². The Kier molecular flexibility index (Phi) is 4.46. The summed E-state index contributed by atoms with van der Waals surface area (Å²) in [6.07, 6.45) is 0. The minimum atomic E-state index is -0.260. The Labute approximate surface area is 128 Å². The molecule has 0 unspecified atom stereocenters. The molecule has 2 rings (SSSR count). The Balaban J connectivity index is 2.39. The molecular formula is C16H13ClN2O2. The Morgan fingerprint density at radius 1 is 1.29 bits per heavy atom. The summed E-state index contributed by atoms with van der Waals surface area (Å²) in [6, 6.07) is 13.7. The third kappa shape index (κ3) is 3.15. The van der Waals surface area contributed by atoms with Gasteiger partial charge in [-0.15, -0.1) is 0 Å². The quantitative estimate of drug-likeness (QED) is 0.872. The molecule has 0 aliphatic carbocycles. The van der Waals surface area contributed by atoms with Gasteiger partial charge in [0.25, 0.3) is 5.91 Å². The number of carbonyl (C=O) groups excluding carboxylic acids is 1. The van der Waals surface area contributed by atoms with Gasteiger partial charge in [-0.1, -0.05) is 17.7 Å². The summed E-state index contributed by atoms with van der Waals surface area (Å²) >= 11 is 5.95. The summed E-state index contributed by atoms with van der Waals surface area (Å²) in [5.41, 5.74) is 1.49. The van der Waals surface area contributed by atoms with Crippen LogP contribution in [0.5, 0.6) is 5.75 Å². The molecule has 0 bridgehead atoms. The number of hydrogen-bond acceptors (Lipinski definition) is 3. The van der Waals surface area contributed by atoms with Crippen molar-refractivity contribution in [3.8, 4) is 11.8 Å². The van der Waals surface area contributed by atoms with Crippen molar-refractivity contribution < 1.29 is 9.53 Å². The van der Waals surface area contributed by atoms with Gasteiger partial charge < -0.3 is 9.64 Å². The maximum absolute atomic E-state index is 12.6. The third-order valence-electron chi connectivity index (χ3n) is 3.06. The molecule has 2 aromatic carbocycles. The zero-order valence-corrected chi connectivity index (χ0v) is 12.4. The van der Waals surface area contributed by atoms with Crippen molar-refractivity contribution in [1.82, 2.24) is 0 Å². The topological polar surface area (TPSA) is 53.3 Å². The fourth-order valence-corrected chi connectivity index (χ4v) is 2.10. The van der Waals surface area contributed by atoms with Crippen LogP contribution < -0.4 is 9.64 Å². The van der Waals surface area contributed by atoms with Crippen LogP contribution in [0.4, 0.5) is 5.69 Å². The molecule has 0 spiro atoms. The van der Waals surface area contributed by atoms with Crippen molar-refractivity contribution in [3.63, 3.8) is 0 Å². The van der Waals surface area contributed by atoms with Gasteiger partial charge in [0.1, 0.15) is 5.75 Å². The molecule has 0 saturated carbocycles. The van der Waals surface area contributed by atoms with Crippen molar-refractivity contribution in [2.24, 2.45) is 0 Å². The predicted molar refractivity (Wildman–Crippen MR) is 81.9 cm³/mol. The molecule has 0 radical (unpaired) electrons. The number of anilines is 1. The Morgan fingerprint density at radius 2 is 2.05 bits per heavy atom. The summed E-state index contributed by atoms with van der Waals surface area (Å²) < 4.78 is 5.19. The predicted octanol–water partition coefficient (Wildman–Crippen LogP) is 3.50. The molecule has 2 aromatic rings. The Hall–Kier alpha value is -2.51. The average molecular weight is 301 g/mol. The van der Waals surface area contributed by atoms with Gasteiger partial charge in [0, 0.05) is 17.8 Å². The molecule has 0 fully saturated rings. The lowest BCUT2D eigenvalue weighted by Crippen LogP contribution is -2.26. The van der Waals surface area contributed by atoms with E-state index in [2.05, 4.69) is 0 Å². The van der Waals surface area contributed by atoms with Gasteiger partial charge in [-0.25, -0.2) is 0 Å². The highest BCUT2D eigenvalue weighted by Crippen LogP contribution is 2.26. The number of methoxy groups -OCH3 is 1. The number of benzene rings is 2. The lowest BCUT2D eigenvalue weighted by Gasteiger charge is -2.19. The van der Waals surface area contributed by atoms with Crippen molar-refractivity contribution in [2.45, 2.75) is 0 Å². The van der Waals surface area contributed by atoms with E-state index >= 15 is 0 Å². The summed E-state index contributed by atoms with van der Waals surface area (Å²) in [5, 5.41) is 9.38. The van der Waals surface area contributed by atoms with Crippen LogP contribution in [0.1, 0.15) is 15.9 Å². The van der Waals surface area contributed by atoms with E-state index in [1.54, 1.807) is 49.5 Å². The van der Waals surface area contributed by atoms with E-state index in [0.29, 0.717) is 27.6 Å².